The number of ether oxygens (including phenoxy) is 1. The summed E-state index contributed by atoms with van der Waals surface area (Å²) in [5.74, 6) is -0.235. The van der Waals surface area contributed by atoms with Crippen LogP contribution in [0, 0.1) is 6.92 Å². The number of hydrogen-bond acceptors (Lipinski definition) is 7. The third-order valence-corrected chi connectivity index (χ3v) is 6.85. The first kappa shape index (κ1) is 23.2. The number of fused-ring (bicyclic) bond motifs is 1. The van der Waals surface area contributed by atoms with Crippen molar-refractivity contribution in [1.82, 2.24) is 15.5 Å². The maximum Gasteiger partial charge on any atom is 0.270 e. The molecule has 2 heterocycles. The molecule has 3 aliphatic rings. The highest BCUT2D eigenvalue weighted by atomic mass is 16.5. The predicted octanol–water partition coefficient (Wildman–Crippen LogP) is 2.25. The van der Waals surface area contributed by atoms with Gasteiger partial charge < -0.3 is 26.4 Å². The zero-order valence-corrected chi connectivity index (χ0v) is 19.6. The third-order valence-electron chi connectivity index (χ3n) is 6.85. The highest BCUT2D eigenvalue weighted by Crippen LogP contribution is 2.33. The summed E-state index contributed by atoms with van der Waals surface area (Å²) >= 11 is 0. The summed E-state index contributed by atoms with van der Waals surface area (Å²) in [7, 11) is 1.79. The van der Waals surface area contributed by atoms with E-state index in [1.165, 1.54) is 32.1 Å². The summed E-state index contributed by atoms with van der Waals surface area (Å²) in [6.07, 6.45) is 6.75. The molecule has 0 aromatic heterocycles. The van der Waals surface area contributed by atoms with Crippen molar-refractivity contribution in [3.63, 3.8) is 0 Å². The lowest BCUT2D eigenvalue weighted by atomic mass is 9.92. The van der Waals surface area contributed by atoms with Crippen LogP contribution in [0.25, 0.3) is 0 Å². The number of likely N-dealkylation sites (tertiary alicyclic amines) is 1. The molecule has 0 spiro atoms. The molecular weight excluding hydrogens is 404 g/mol. The van der Waals surface area contributed by atoms with Gasteiger partial charge >= 0.3 is 0 Å². The summed E-state index contributed by atoms with van der Waals surface area (Å²) in [4.78, 5) is 20.0. The average molecular weight is 443 g/mol. The van der Waals surface area contributed by atoms with E-state index < -0.39 is 6.17 Å². The number of methoxy groups -OCH3 is 1. The van der Waals surface area contributed by atoms with Crippen molar-refractivity contribution in [2.75, 3.05) is 25.5 Å². The number of rotatable bonds is 6. The maximum absolute atomic E-state index is 13.0. The molecule has 1 aromatic carbocycles. The minimum atomic E-state index is -0.443. The van der Waals surface area contributed by atoms with Crippen LogP contribution >= 0.6 is 0 Å². The van der Waals surface area contributed by atoms with Gasteiger partial charge in [-0.25, -0.2) is 4.99 Å². The number of carbonyl (C=O) groups excluding carboxylic acids is 1. The molecule has 0 radical (unpaired) electrons. The van der Waals surface area contributed by atoms with Gasteiger partial charge in [-0.1, -0.05) is 25.3 Å². The first-order valence-corrected chi connectivity index (χ1v) is 12.0. The van der Waals surface area contributed by atoms with E-state index in [4.69, 9.17) is 15.5 Å². The Morgan fingerprint density at radius 2 is 2.06 bits per heavy atom. The van der Waals surface area contributed by atoms with Crippen molar-refractivity contribution < 1.29 is 9.53 Å². The van der Waals surface area contributed by atoms with Crippen molar-refractivity contribution in [1.29, 1.82) is 0 Å². The Labute approximate surface area is 191 Å². The molecule has 176 valence electrons. The van der Waals surface area contributed by atoms with E-state index in [1.807, 2.05) is 19.1 Å². The molecule has 5 N–H and O–H groups in total. The number of nitrogens with two attached hydrogens (primary N) is 1. The van der Waals surface area contributed by atoms with Crippen LogP contribution in [-0.4, -0.2) is 67.2 Å². The van der Waals surface area contributed by atoms with Gasteiger partial charge in [0.15, 0.2) is 0 Å². The van der Waals surface area contributed by atoms with Crippen LogP contribution in [0.4, 0.5) is 11.4 Å². The Morgan fingerprint density at radius 1 is 1.28 bits per heavy atom. The van der Waals surface area contributed by atoms with E-state index in [0.717, 1.165) is 36.4 Å². The van der Waals surface area contributed by atoms with Gasteiger partial charge in [-0.3, -0.25) is 9.69 Å². The SMILES string of the molecule is CO[C@H]1CN(C2Nc3ccc(C)cc3N=C2C(=O)NC(C)N)CC[C@H]1NC1CCCCC1. The fourth-order valence-corrected chi connectivity index (χ4v) is 5.16. The molecule has 1 aliphatic carbocycles. The van der Waals surface area contributed by atoms with Gasteiger partial charge in [0, 0.05) is 32.3 Å². The number of nitrogens with one attached hydrogen (secondary N) is 3. The molecule has 8 heteroatoms. The largest absolute Gasteiger partial charge is 0.378 e. The molecule has 1 aromatic rings. The molecule has 2 fully saturated rings. The molecule has 32 heavy (non-hydrogen) atoms. The smallest absolute Gasteiger partial charge is 0.270 e. The maximum atomic E-state index is 13.0. The monoisotopic (exact) mass is 442 g/mol. The molecule has 2 aliphatic heterocycles. The minimum absolute atomic E-state index is 0.0598. The summed E-state index contributed by atoms with van der Waals surface area (Å²) in [5.41, 5.74) is 9.13. The van der Waals surface area contributed by atoms with Gasteiger partial charge in [-0.15, -0.1) is 0 Å². The number of hydrogen-bond donors (Lipinski definition) is 4. The van der Waals surface area contributed by atoms with Crippen molar-refractivity contribution in [3.05, 3.63) is 23.8 Å². The lowest BCUT2D eigenvalue weighted by molar-refractivity contribution is -0.115. The molecule has 4 atom stereocenters. The van der Waals surface area contributed by atoms with Crippen LogP contribution in [0.15, 0.2) is 23.2 Å². The highest BCUT2D eigenvalue weighted by molar-refractivity contribution is 6.42. The van der Waals surface area contributed by atoms with Crippen molar-refractivity contribution in [2.45, 2.75) is 82.9 Å². The third kappa shape index (κ3) is 5.31. The summed E-state index contributed by atoms with van der Waals surface area (Å²) < 4.78 is 5.92. The number of anilines is 1. The second-order valence-corrected chi connectivity index (χ2v) is 9.49. The number of nitrogens with zero attached hydrogens (tertiary/aromatic N) is 2. The normalized spacial score (nSPS) is 27.8. The number of amides is 1. The number of carbonyl (C=O) groups is 1. The van der Waals surface area contributed by atoms with Gasteiger partial charge in [0.2, 0.25) is 0 Å². The molecule has 1 amide bonds. The van der Waals surface area contributed by atoms with Crippen LogP contribution < -0.4 is 21.7 Å². The molecule has 4 rings (SSSR count). The van der Waals surface area contributed by atoms with E-state index in [2.05, 4.69) is 26.9 Å². The minimum Gasteiger partial charge on any atom is -0.378 e. The molecule has 1 saturated carbocycles. The summed E-state index contributed by atoms with van der Waals surface area (Å²) in [6.45, 7) is 5.36. The van der Waals surface area contributed by atoms with Gasteiger partial charge in [0.25, 0.3) is 5.91 Å². The Hall–Kier alpha value is -2.00. The quantitative estimate of drug-likeness (QED) is 0.504. The van der Waals surface area contributed by atoms with E-state index in [1.54, 1.807) is 14.0 Å². The van der Waals surface area contributed by atoms with Gasteiger partial charge in [-0.05, 0) is 50.8 Å². The molecule has 0 bridgehead atoms. The van der Waals surface area contributed by atoms with E-state index >= 15 is 0 Å². The van der Waals surface area contributed by atoms with Crippen molar-refractivity contribution in [2.24, 2.45) is 10.7 Å². The zero-order chi connectivity index (χ0) is 22.7. The fourth-order valence-electron chi connectivity index (χ4n) is 5.16. The molecule has 8 nitrogen and oxygen atoms in total. The standard InChI is InChI=1S/C24H38N6O2/c1-15-9-10-18-20(13-15)28-22(24(31)26-16(2)25)23(29-18)30-12-11-19(21(14-30)32-3)27-17-7-5-4-6-8-17/h9-10,13,16-17,19,21,23,27,29H,4-8,11-12,14,25H2,1-3H3,(H,26,31)/t16?,19-,21+,23?/m1/s1. The predicted molar refractivity (Wildman–Crippen MR) is 128 cm³/mol. The molecular formula is C24H38N6O2. The zero-order valence-electron chi connectivity index (χ0n) is 19.6. The first-order chi connectivity index (χ1) is 15.4. The van der Waals surface area contributed by atoms with E-state index in [-0.39, 0.29) is 18.2 Å². The Bertz CT molecular complexity index is 836. The van der Waals surface area contributed by atoms with E-state index in [9.17, 15) is 4.79 Å². The van der Waals surface area contributed by atoms with Gasteiger partial charge in [0.1, 0.15) is 11.9 Å². The summed E-state index contributed by atoms with van der Waals surface area (Å²) in [5, 5.41) is 10.2. The van der Waals surface area contributed by atoms with Crippen LogP contribution in [0.3, 0.4) is 0 Å². The first-order valence-electron chi connectivity index (χ1n) is 12.0. The lowest BCUT2D eigenvalue weighted by Gasteiger charge is -2.44. The number of piperidine rings is 1. The second-order valence-electron chi connectivity index (χ2n) is 9.49. The van der Waals surface area contributed by atoms with E-state index in [0.29, 0.717) is 17.8 Å². The number of benzene rings is 1. The Kier molecular flexibility index (Phi) is 7.45. The van der Waals surface area contributed by atoms with Crippen molar-refractivity contribution >= 4 is 23.0 Å². The topological polar surface area (TPSA) is 104 Å². The van der Waals surface area contributed by atoms with Crippen LogP contribution in [-0.2, 0) is 9.53 Å². The van der Waals surface area contributed by atoms with Crippen molar-refractivity contribution in [3.8, 4) is 0 Å². The fraction of sp³-hybridized carbons (Fsp3) is 0.667. The van der Waals surface area contributed by atoms with Crippen LogP contribution in [0.1, 0.15) is 51.0 Å². The lowest BCUT2D eigenvalue weighted by Crippen LogP contribution is -2.62. The Morgan fingerprint density at radius 3 is 2.78 bits per heavy atom. The number of aliphatic imine (C=N–C) groups is 1. The van der Waals surface area contributed by atoms with Crippen LogP contribution in [0.5, 0.6) is 0 Å². The highest BCUT2D eigenvalue weighted by Gasteiger charge is 2.39. The molecule has 2 unspecified atom stereocenters. The average Bonchev–Trinajstić information content (AvgIpc) is 2.78. The van der Waals surface area contributed by atoms with Gasteiger partial charge in [-0.2, -0.15) is 0 Å². The number of aryl methyl sites for hydroxylation is 1. The summed E-state index contributed by atoms with van der Waals surface area (Å²) in [6, 6.07) is 7.01. The van der Waals surface area contributed by atoms with Gasteiger partial charge in [0.05, 0.1) is 23.6 Å². The Balaban J connectivity index is 1.51. The second kappa shape index (κ2) is 10.3. The van der Waals surface area contributed by atoms with Crippen LogP contribution in [0.2, 0.25) is 0 Å². The molecule has 1 saturated heterocycles.